The summed E-state index contributed by atoms with van der Waals surface area (Å²) in [5.74, 6) is 2.08. The van der Waals surface area contributed by atoms with Crippen molar-refractivity contribution in [3.05, 3.63) is 16.1 Å². The van der Waals surface area contributed by atoms with E-state index in [4.69, 9.17) is 9.47 Å². The Morgan fingerprint density at radius 2 is 1.74 bits per heavy atom. The molecule has 3 nitrogen and oxygen atoms in total. The minimum atomic E-state index is -0.224. The SMILES string of the molecule is CC1(C)CC2CC(C)(C)Oc3c(Br)c(O)cc(c32)O1. The van der Waals surface area contributed by atoms with Crippen molar-refractivity contribution in [3.8, 4) is 17.2 Å². The second-order valence-electron chi connectivity index (χ2n) is 6.78. The topological polar surface area (TPSA) is 38.7 Å². The van der Waals surface area contributed by atoms with Gasteiger partial charge in [-0.2, -0.15) is 0 Å². The zero-order valence-electron chi connectivity index (χ0n) is 11.7. The predicted octanol–water partition coefficient (Wildman–Crippen LogP) is 4.36. The summed E-state index contributed by atoms with van der Waals surface area (Å²) in [5, 5.41) is 10.0. The van der Waals surface area contributed by atoms with Crippen molar-refractivity contribution in [3.63, 3.8) is 0 Å². The fraction of sp³-hybridized carbons (Fsp3) is 0.600. The number of phenols is 1. The minimum Gasteiger partial charge on any atom is -0.506 e. The quantitative estimate of drug-likeness (QED) is 0.769. The molecule has 0 amide bonds. The number of hydrogen-bond donors (Lipinski definition) is 1. The molecule has 0 aliphatic carbocycles. The fourth-order valence-corrected chi connectivity index (χ4v) is 3.71. The van der Waals surface area contributed by atoms with Gasteiger partial charge in [-0.3, -0.25) is 0 Å². The van der Waals surface area contributed by atoms with Gasteiger partial charge in [0.15, 0.2) is 0 Å². The van der Waals surface area contributed by atoms with Gasteiger partial charge in [0.1, 0.15) is 32.9 Å². The van der Waals surface area contributed by atoms with Gasteiger partial charge in [0.05, 0.1) is 0 Å². The first kappa shape index (κ1) is 13.1. The molecule has 4 heteroatoms. The van der Waals surface area contributed by atoms with Gasteiger partial charge in [0, 0.05) is 11.6 Å². The van der Waals surface area contributed by atoms with Crippen LogP contribution in [-0.4, -0.2) is 16.3 Å². The van der Waals surface area contributed by atoms with Crippen LogP contribution in [0.15, 0.2) is 10.5 Å². The first-order valence-electron chi connectivity index (χ1n) is 6.62. The minimum absolute atomic E-state index is 0.169. The Morgan fingerprint density at radius 1 is 1.16 bits per heavy atom. The monoisotopic (exact) mass is 326 g/mol. The van der Waals surface area contributed by atoms with Crippen molar-refractivity contribution in [2.24, 2.45) is 0 Å². The molecule has 0 fully saturated rings. The lowest BCUT2D eigenvalue weighted by Gasteiger charge is -2.45. The molecule has 3 rings (SSSR count). The Kier molecular flexibility index (Phi) is 2.63. The first-order valence-corrected chi connectivity index (χ1v) is 7.41. The van der Waals surface area contributed by atoms with Gasteiger partial charge in [-0.15, -0.1) is 0 Å². The van der Waals surface area contributed by atoms with Crippen LogP contribution < -0.4 is 9.47 Å². The number of ether oxygens (including phenoxy) is 2. The molecule has 1 N–H and O–H groups in total. The summed E-state index contributed by atoms with van der Waals surface area (Å²) in [6.07, 6.45) is 1.94. The predicted molar refractivity (Wildman–Crippen MR) is 77.2 cm³/mol. The van der Waals surface area contributed by atoms with Gasteiger partial charge in [0.2, 0.25) is 0 Å². The highest BCUT2D eigenvalue weighted by molar-refractivity contribution is 9.10. The van der Waals surface area contributed by atoms with Crippen molar-refractivity contribution < 1.29 is 14.6 Å². The van der Waals surface area contributed by atoms with Crippen LogP contribution in [0.2, 0.25) is 0 Å². The largest absolute Gasteiger partial charge is 0.506 e. The molecule has 0 spiro atoms. The number of rotatable bonds is 0. The molecule has 1 aromatic carbocycles. The number of aromatic hydroxyl groups is 1. The molecular formula is C15H19BrO3. The van der Waals surface area contributed by atoms with Crippen LogP contribution in [0, 0.1) is 0 Å². The molecule has 19 heavy (non-hydrogen) atoms. The molecule has 0 radical (unpaired) electrons. The van der Waals surface area contributed by atoms with Gasteiger partial charge < -0.3 is 14.6 Å². The number of halogens is 1. The van der Waals surface area contributed by atoms with Crippen LogP contribution in [0.3, 0.4) is 0 Å². The maximum absolute atomic E-state index is 10.0. The highest BCUT2D eigenvalue weighted by Gasteiger charge is 2.44. The second kappa shape index (κ2) is 3.81. The number of phenolic OH excluding ortho intramolecular Hbond substituents is 1. The average molecular weight is 327 g/mol. The van der Waals surface area contributed by atoms with Crippen LogP contribution >= 0.6 is 15.9 Å². The lowest BCUT2D eigenvalue weighted by Crippen LogP contribution is -2.42. The van der Waals surface area contributed by atoms with Crippen LogP contribution in [0.25, 0.3) is 0 Å². The summed E-state index contributed by atoms with van der Waals surface area (Å²) < 4.78 is 12.7. The number of benzene rings is 1. The third-order valence-corrected chi connectivity index (χ3v) is 4.62. The Labute approximate surface area is 122 Å². The maximum Gasteiger partial charge on any atom is 0.145 e. The smallest absolute Gasteiger partial charge is 0.145 e. The van der Waals surface area contributed by atoms with E-state index in [-0.39, 0.29) is 17.0 Å². The molecule has 2 aliphatic rings. The summed E-state index contributed by atoms with van der Waals surface area (Å²) in [5.41, 5.74) is 0.671. The van der Waals surface area contributed by atoms with Gasteiger partial charge in [-0.05, 0) is 62.4 Å². The first-order chi connectivity index (χ1) is 8.69. The zero-order valence-corrected chi connectivity index (χ0v) is 13.3. The van der Waals surface area contributed by atoms with E-state index in [0.717, 1.165) is 29.9 Å². The summed E-state index contributed by atoms with van der Waals surface area (Å²) >= 11 is 3.43. The van der Waals surface area contributed by atoms with E-state index in [2.05, 4.69) is 43.6 Å². The van der Waals surface area contributed by atoms with E-state index in [9.17, 15) is 5.11 Å². The van der Waals surface area contributed by atoms with Crippen molar-refractivity contribution in [2.45, 2.75) is 57.7 Å². The highest BCUT2D eigenvalue weighted by atomic mass is 79.9. The van der Waals surface area contributed by atoms with E-state index >= 15 is 0 Å². The standard InChI is InChI=1S/C15H19BrO3/c1-14(2)6-8-7-15(3,4)19-13-11(8)10(18-14)5-9(17)12(13)16/h5,8,17H,6-7H2,1-4H3. The summed E-state index contributed by atoms with van der Waals surface area (Å²) in [6, 6.07) is 1.69. The lowest BCUT2D eigenvalue weighted by molar-refractivity contribution is 0.0194. The lowest BCUT2D eigenvalue weighted by atomic mass is 9.76. The van der Waals surface area contributed by atoms with E-state index in [1.165, 1.54) is 0 Å². The van der Waals surface area contributed by atoms with Crippen molar-refractivity contribution >= 4 is 15.9 Å². The third-order valence-electron chi connectivity index (χ3n) is 3.85. The molecule has 2 heterocycles. The Balaban J connectivity index is 2.23. The molecule has 0 bridgehead atoms. The highest BCUT2D eigenvalue weighted by Crippen LogP contribution is 2.56. The Hall–Kier alpha value is -0.900. The Bertz CT molecular complexity index is 547. The van der Waals surface area contributed by atoms with E-state index < -0.39 is 0 Å². The molecule has 104 valence electrons. The normalized spacial score (nSPS) is 26.1. The summed E-state index contributed by atoms with van der Waals surface area (Å²) in [6.45, 7) is 8.37. The molecule has 0 saturated heterocycles. The molecule has 0 saturated carbocycles. The average Bonchev–Trinajstić information content (AvgIpc) is 2.21. The third kappa shape index (κ3) is 2.10. The van der Waals surface area contributed by atoms with Gasteiger partial charge in [0.25, 0.3) is 0 Å². The van der Waals surface area contributed by atoms with Gasteiger partial charge in [-0.25, -0.2) is 0 Å². The van der Waals surface area contributed by atoms with Crippen molar-refractivity contribution in [1.29, 1.82) is 0 Å². The van der Waals surface area contributed by atoms with E-state index in [0.29, 0.717) is 10.4 Å². The summed E-state index contributed by atoms with van der Waals surface area (Å²) in [7, 11) is 0. The molecule has 0 aromatic heterocycles. The van der Waals surface area contributed by atoms with Crippen molar-refractivity contribution in [2.75, 3.05) is 0 Å². The molecule has 1 unspecified atom stereocenters. The summed E-state index contributed by atoms with van der Waals surface area (Å²) in [4.78, 5) is 0. The number of hydrogen-bond acceptors (Lipinski definition) is 3. The maximum atomic E-state index is 10.0. The zero-order chi connectivity index (χ0) is 14.0. The van der Waals surface area contributed by atoms with Gasteiger partial charge >= 0.3 is 0 Å². The van der Waals surface area contributed by atoms with Crippen LogP contribution in [-0.2, 0) is 0 Å². The van der Waals surface area contributed by atoms with Crippen molar-refractivity contribution in [1.82, 2.24) is 0 Å². The second-order valence-corrected chi connectivity index (χ2v) is 7.57. The fourth-order valence-electron chi connectivity index (χ4n) is 3.30. The van der Waals surface area contributed by atoms with E-state index in [1.807, 2.05) is 0 Å². The van der Waals surface area contributed by atoms with Crippen LogP contribution in [0.5, 0.6) is 17.2 Å². The molecule has 1 atom stereocenters. The van der Waals surface area contributed by atoms with Crippen LogP contribution in [0.4, 0.5) is 0 Å². The molecular weight excluding hydrogens is 308 g/mol. The Morgan fingerprint density at radius 3 is 2.37 bits per heavy atom. The van der Waals surface area contributed by atoms with Crippen LogP contribution in [0.1, 0.15) is 52.0 Å². The van der Waals surface area contributed by atoms with Gasteiger partial charge in [-0.1, -0.05) is 0 Å². The molecule has 2 aliphatic heterocycles. The molecule has 1 aromatic rings. The van der Waals surface area contributed by atoms with E-state index in [1.54, 1.807) is 6.07 Å².